The SMILES string of the molecule is CCCCCCC/C=C/C(C)=C/CC/C=C/[C@H](O)[C@H](CO[C@@H]1O[C@H](COP(=O)([O-])OCC[N+](C)(C)C)[C@H](O)[C@H](O)[C@H]1O)NC(=O)CCCCCCCCCCCCCCC. The van der Waals surface area contributed by atoms with Gasteiger partial charge in [0.1, 0.15) is 37.6 Å². The highest BCUT2D eigenvalue weighted by molar-refractivity contribution is 7.45. The van der Waals surface area contributed by atoms with Crippen molar-refractivity contribution < 1.29 is 57.7 Å². The van der Waals surface area contributed by atoms with Crippen LogP contribution in [-0.2, 0) is 27.9 Å². The van der Waals surface area contributed by atoms with Crippen LogP contribution in [0.25, 0.3) is 0 Å². The second kappa shape index (κ2) is 34.0. The molecule has 0 bridgehead atoms. The second-order valence-electron chi connectivity index (χ2n) is 17.7. The van der Waals surface area contributed by atoms with Gasteiger partial charge in [-0.25, -0.2) is 0 Å². The molecule has 60 heavy (non-hydrogen) atoms. The predicted octanol–water partition coefficient (Wildman–Crippen LogP) is 7.54. The number of likely N-dealkylation sites (N-methyl/N-ethyl adjacent to an activating group) is 1. The van der Waals surface area contributed by atoms with Gasteiger partial charge in [0.05, 0.1) is 46.5 Å². The van der Waals surface area contributed by atoms with Crippen LogP contribution in [0.4, 0.5) is 0 Å². The van der Waals surface area contributed by atoms with Gasteiger partial charge in [0.15, 0.2) is 6.29 Å². The number of aliphatic hydroxyl groups excluding tert-OH is 4. The van der Waals surface area contributed by atoms with E-state index in [1.54, 1.807) is 6.08 Å². The first-order valence-corrected chi connectivity index (χ1v) is 24.8. The molecular formula is C46H87N2O11P. The fourth-order valence-electron chi connectivity index (χ4n) is 6.81. The van der Waals surface area contributed by atoms with Gasteiger partial charge in [0, 0.05) is 6.42 Å². The Kier molecular flexibility index (Phi) is 32.0. The number of phosphoric acid groups is 1. The minimum Gasteiger partial charge on any atom is -0.756 e. The van der Waals surface area contributed by atoms with Crippen LogP contribution in [-0.4, -0.2) is 121 Å². The van der Waals surface area contributed by atoms with Gasteiger partial charge in [-0.3, -0.25) is 9.36 Å². The number of carbonyl (C=O) groups is 1. The monoisotopic (exact) mass is 875 g/mol. The number of hydrogen-bond donors (Lipinski definition) is 5. The summed E-state index contributed by atoms with van der Waals surface area (Å²) in [6, 6.07) is -0.931. The quantitative estimate of drug-likeness (QED) is 0.0136. The molecule has 1 aliphatic rings. The Bertz CT molecular complexity index is 1230. The van der Waals surface area contributed by atoms with Crippen LogP contribution in [0.15, 0.2) is 36.0 Å². The van der Waals surface area contributed by atoms with Crippen molar-refractivity contribution in [2.24, 2.45) is 0 Å². The third-order valence-electron chi connectivity index (χ3n) is 10.8. The van der Waals surface area contributed by atoms with Crippen LogP contribution in [0.1, 0.15) is 162 Å². The zero-order valence-corrected chi connectivity index (χ0v) is 39.2. The molecule has 1 aliphatic heterocycles. The van der Waals surface area contributed by atoms with E-state index in [1.165, 1.54) is 95.5 Å². The van der Waals surface area contributed by atoms with E-state index in [0.717, 1.165) is 32.1 Å². The molecule has 1 heterocycles. The first-order chi connectivity index (χ1) is 28.6. The average Bonchev–Trinajstić information content (AvgIpc) is 3.19. The number of amides is 1. The molecule has 0 aliphatic carbocycles. The van der Waals surface area contributed by atoms with Crippen LogP contribution in [0.3, 0.4) is 0 Å². The highest BCUT2D eigenvalue weighted by Crippen LogP contribution is 2.39. The Labute approximate surface area is 364 Å². The van der Waals surface area contributed by atoms with Crippen LogP contribution in [0.2, 0.25) is 0 Å². The van der Waals surface area contributed by atoms with Crippen molar-refractivity contribution in [3.8, 4) is 0 Å². The van der Waals surface area contributed by atoms with E-state index in [4.69, 9.17) is 18.5 Å². The molecule has 0 saturated carbocycles. The number of nitrogens with zero attached hydrogens (tertiary/aromatic N) is 1. The molecule has 8 atom stereocenters. The summed E-state index contributed by atoms with van der Waals surface area (Å²) in [5.74, 6) is -0.252. The summed E-state index contributed by atoms with van der Waals surface area (Å²) in [7, 11) is 0.851. The van der Waals surface area contributed by atoms with Gasteiger partial charge in [0.2, 0.25) is 5.91 Å². The van der Waals surface area contributed by atoms with Crippen molar-refractivity contribution in [1.82, 2.24) is 5.32 Å². The Balaban J connectivity index is 2.77. The Morgan fingerprint density at radius 1 is 0.783 bits per heavy atom. The molecule has 13 nitrogen and oxygen atoms in total. The maximum atomic E-state index is 13.1. The van der Waals surface area contributed by atoms with Gasteiger partial charge < -0.3 is 53.6 Å². The molecule has 0 aromatic heterocycles. The minimum absolute atomic E-state index is 0.123. The molecule has 1 fully saturated rings. The second-order valence-corrected chi connectivity index (χ2v) is 19.1. The Morgan fingerprint density at radius 3 is 1.93 bits per heavy atom. The van der Waals surface area contributed by atoms with Crippen molar-refractivity contribution >= 4 is 13.7 Å². The molecule has 1 amide bonds. The molecule has 1 saturated heterocycles. The van der Waals surface area contributed by atoms with Crippen LogP contribution < -0.4 is 10.2 Å². The molecule has 0 radical (unpaired) electrons. The zero-order chi connectivity index (χ0) is 44.7. The predicted molar refractivity (Wildman–Crippen MR) is 238 cm³/mol. The molecule has 1 rings (SSSR count). The van der Waals surface area contributed by atoms with Crippen molar-refractivity contribution in [1.29, 1.82) is 0 Å². The summed E-state index contributed by atoms with van der Waals surface area (Å²) in [4.78, 5) is 25.5. The molecule has 5 N–H and O–H groups in total. The summed E-state index contributed by atoms with van der Waals surface area (Å²) in [6.07, 6.45) is 25.3. The topological polar surface area (TPSA) is 187 Å². The van der Waals surface area contributed by atoms with Crippen molar-refractivity contribution in [3.05, 3.63) is 36.0 Å². The first kappa shape index (κ1) is 56.5. The standard InChI is InChI=1S/C46H87N2O11P/c1-7-9-11-13-15-16-17-18-19-20-22-24-29-33-42(50)47-39(40(49)32-28-25-27-31-38(3)30-26-23-21-14-12-10-8-2)36-56-46-45(53)44(52)43(51)41(59-46)37-58-60(54,55)57-35-34-48(4,5)6/h26,28,30-32,39-41,43-46,49,51-53H,7-25,27,29,33-37H2,1-6H3,(H-,47,50,54,55)/b30-26+,32-28+,38-31+/t39-,40-,41+,43-,44-,45+,46+/m0/s1. The number of hydrogen-bond acceptors (Lipinski definition) is 11. The highest BCUT2D eigenvalue weighted by atomic mass is 31.2. The maximum absolute atomic E-state index is 13.1. The van der Waals surface area contributed by atoms with Gasteiger partial charge >= 0.3 is 0 Å². The third-order valence-corrected chi connectivity index (χ3v) is 11.7. The fraction of sp³-hybridized carbons (Fsp3) is 0.848. The van der Waals surface area contributed by atoms with Crippen LogP contribution >= 0.6 is 7.82 Å². The Morgan fingerprint density at radius 2 is 1.35 bits per heavy atom. The first-order valence-electron chi connectivity index (χ1n) is 23.3. The zero-order valence-electron chi connectivity index (χ0n) is 38.4. The fourth-order valence-corrected chi connectivity index (χ4v) is 7.52. The maximum Gasteiger partial charge on any atom is 0.268 e. The number of nitrogens with one attached hydrogen (secondary N) is 1. The van der Waals surface area contributed by atoms with Crippen molar-refractivity contribution in [2.75, 3.05) is 47.5 Å². The lowest BCUT2D eigenvalue weighted by atomic mass is 9.99. The number of quaternary nitrogens is 1. The molecule has 0 spiro atoms. The molecular weight excluding hydrogens is 787 g/mol. The number of ether oxygens (including phenoxy) is 2. The average molecular weight is 875 g/mol. The molecule has 14 heteroatoms. The van der Waals surface area contributed by atoms with Gasteiger partial charge in [-0.15, -0.1) is 0 Å². The van der Waals surface area contributed by atoms with Gasteiger partial charge in [-0.1, -0.05) is 153 Å². The third kappa shape index (κ3) is 29.0. The van der Waals surface area contributed by atoms with E-state index in [1.807, 2.05) is 27.2 Å². The Hall–Kier alpha value is -1.48. The van der Waals surface area contributed by atoms with E-state index in [9.17, 15) is 34.7 Å². The lowest BCUT2D eigenvalue weighted by Crippen LogP contribution is -2.60. The number of rotatable bonds is 37. The lowest BCUT2D eigenvalue weighted by Gasteiger charge is -2.41. The molecule has 352 valence electrons. The van der Waals surface area contributed by atoms with E-state index in [-0.39, 0.29) is 25.5 Å². The van der Waals surface area contributed by atoms with E-state index in [0.29, 0.717) is 23.9 Å². The van der Waals surface area contributed by atoms with Gasteiger partial charge in [-0.2, -0.15) is 0 Å². The number of unbranched alkanes of at least 4 members (excludes halogenated alkanes) is 18. The number of aliphatic hydroxyl groups is 4. The van der Waals surface area contributed by atoms with Crippen molar-refractivity contribution in [2.45, 2.75) is 205 Å². The molecule has 1 unspecified atom stereocenters. The molecule has 0 aromatic rings. The van der Waals surface area contributed by atoms with Crippen LogP contribution in [0.5, 0.6) is 0 Å². The van der Waals surface area contributed by atoms with E-state index < -0.39 is 57.3 Å². The smallest absolute Gasteiger partial charge is 0.268 e. The summed E-state index contributed by atoms with van der Waals surface area (Å²) in [6.45, 7) is 5.78. The normalized spacial score (nSPS) is 22.4. The largest absolute Gasteiger partial charge is 0.756 e. The molecule has 0 aromatic carbocycles. The van der Waals surface area contributed by atoms with Crippen molar-refractivity contribution in [3.63, 3.8) is 0 Å². The number of phosphoric ester groups is 1. The minimum atomic E-state index is -4.78. The lowest BCUT2D eigenvalue weighted by molar-refractivity contribution is -0.870. The summed E-state index contributed by atoms with van der Waals surface area (Å²) in [5, 5.41) is 45.9. The summed E-state index contributed by atoms with van der Waals surface area (Å²) in [5.41, 5.74) is 1.18. The number of carbonyl (C=O) groups excluding carboxylic acids is 1. The number of allylic oxidation sites excluding steroid dienone is 5. The van der Waals surface area contributed by atoms with Crippen LogP contribution in [0, 0.1) is 0 Å². The highest BCUT2D eigenvalue weighted by Gasteiger charge is 2.45. The summed E-state index contributed by atoms with van der Waals surface area (Å²) >= 11 is 0. The van der Waals surface area contributed by atoms with E-state index >= 15 is 0 Å². The van der Waals surface area contributed by atoms with Gasteiger partial charge in [0.25, 0.3) is 7.82 Å². The summed E-state index contributed by atoms with van der Waals surface area (Å²) < 4.78 is 34.2. The van der Waals surface area contributed by atoms with Gasteiger partial charge in [-0.05, 0) is 39.0 Å². The van der Waals surface area contributed by atoms with E-state index in [2.05, 4.69) is 44.3 Å².